The Morgan fingerprint density at radius 2 is 1.88 bits per heavy atom. The van der Waals surface area contributed by atoms with Gasteiger partial charge in [0.05, 0.1) is 12.0 Å². The van der Waals surface area contributed by atoms with E-state index in [2.05, 4.69) is 16.7 Å². The van der Waals surface area contributed by atoms with E-state index in [1.54, 1.807) is 24.3 Å². The molecule has 7 nitrogen and oxygen atoms in total. The fraction of sp³-hybridized carbons (Fsp3) is 0.346. The lowest BCUT2D eigenvalue weighted by Crippen LogP contribution is -2.50. The van der Waals surface area contributed by atoms with Crippen LogP contribution < -0.4 is 10.6 Å². The number of phenols is 1. The van der Waals surface area contributed by atoms with E-state index in [-0.39, 0.29) is 29.5 Å². The molecule has 7 heteroatoms. The summed E-state index contributed by atoms with van der Waals surface area (Å²) in [5.74, 6) is -0.627. The van der Waals surface area contributed by atoms with E-state index in [0.717, 1.165) is 35.7 Å². The summed E-state index contributed by atoms with van der Waals surface area (Å²) in [6.45, 7) is 0. The van der Waals surface area contributed by atoms with Gasteiger partial charge in [0.15, 0.2) is 0 Å². The summed E-state index contributed by atoms with van der Waals surface area (Å²) in [7, 11) is 1.86. The number of phenolic OH excluding ortho intramolecular Hbond substituents is 1. The Morgan fingerprint density at radius 1 is 1.15 bits per heavy atom. The van der Waals surface area contributed by atoms with Crippen LogP contribution in [0.4, 0.5) is 0 Å². The SMILES string of the molecule is Cn1c(C(=O)NC2CCCCC2C(=O)NC(C#N)Cc2ccc(O)cc2)cc2ccccc21. The van der Waals surface area contributed by atoms with Crippen molar-refractivity contribution in [1.29, 1.82) is 5.26 Å². The molecule has 1 heterocycles. The molecule has 1 aliphatic rings. The molecule has 0 radical (unpaired) electrons. The van der Waals surface area contributed by atoms with Crippen molar-refractivity contribution in [2.45, 2.75) is 44.2 Å². The van der Waals surface area contributed by atoms with E-state index in [1.807, 2.05) is 41.9 Å². The van der Waals surface area contributed by atoms with Crippen molar-refractivity contribution in [1.82, 2.24) is 15.2 Å². The Hall–Kier alpha value is -3.79. The maximum absolute atomic E-state index is 13.1. The Labute approximate surface area is 193 Å². The lowest BCUT2D eigenvalue weighted by atomic mass is 9.83. The molecule has 1 saturated carbocycles. The van der Waals surface area contributed by atoms with Gasteiger partial charge in [0.25, 0.3) is 5.91 Å². The zero-order chi connectivity index (χ0) is 23.4. The number of carbonyl (C=O) groups is 2. The second kappa shape index (κ2) is 9.78. The van der Waals surface area contributed by atoms with Crippen LogP contribution in [-0.2, 0) is 18.3 Å². The minimum Gasteiger partial charge on any atom is -0.508 e. The fourth-order valence-corrected chi connectivity index (χ4v) is 4.64. The molecular formula is C26H28N4O3. The zero-order valence-corrected chi connectivity index (χ0v) is 18.6. The van der Waals surface area contributed by atoms with Gasteiger partial charge in [0.1, 0.15) is 17.5 Å². The number of carbonyl (C=O) groups excluding carboxylic acids is 2. The van der Waals surface area contributed by atoms with Gasteiger partial charge in [-0.1, -0.05) is 43.2 Å². The van der Waals surface area contributed by atoms with Crippen molar-refractivity contribution in [2.24, 2.45) is 13.0 Å². The Kier molecular flexibility index (Phi) is 6.64. The van der Waals surface area contributed by atoms with Gasteiger partial charge >= 0.3 is 0 Å². The number of aromatic nitrogens is 1. The minimum atomic E-state index is -0.682. The number of amides is 2. The van der Waals surface area contributed by atoms with Gasteiger partial charge in [-0.15, -0.1) is 0 Å². The highest BCUT2D eigenvalue weighted by molar-refractivity contribution is 5.99. The first-order valence-electron chi connectivity index (χ1n) is 11.3. The molecule has 170 valence electrons. The number of aryl methyl sites for hydroxylation is 1. The Morgan fingerprint density at radius 3 is 2.61 bits per heavy atom. The highest BCUT2D eigenvalue weighted by atomic mass is 16.3. The number of hydrogen-bond acceptors (Lipinski definition) is 4. The van der Waals surface area contributed by atoms with Crippen LogP contribution in [0.2, 0.25) is 0 Å². The number of aromatic hydroxyl groups is 1. The molecule has 3 aromatic rings. The maximum atomic E-state index is 13.1. The van der Waals surface area contributed by atoms with Crippen molar-refractivity contribution in [2.75, 3.05) is 0 Å². The zero-order valence-electron chi connectivity index (χ0n) is 18.6. The van der Waals surface area contributed by atoms with Gasteiger partial charge < -0.3 is 20.3 Å². The molecular weight excluding hydrogens is 416 g/mol. The van der Waals surface area contributed by atoms with Crippen LogP contribution in [-0.4, -0.2) is 33.6 Å². The predicted molar refractivity (Wildman–Crippen MR) is 125 cm³/mol. The van der Waals surface area contributed by atoms with Crippen LogP contribution in [0.15, 0.2) is 54.6 Å². The normalized spacial score (nSPS) is 18.9. The molecule has 2 aromatic carbocycles. The molecule has 0 saturated heterocycles. The number of nitrogens with zero attached hydrogens (tertiary/aromatic N) is 2. The number of hydrogen-bond donors (Lipinski definition) is 3. The van der Waals surface area contributed by atoms with Crippen LogP contribution in [0.1, 0.15) is 41.7 Å². The molecule has 3 atom stereocenters. The third-order valence-corrected chi connectivity index (χ3v) is 6.45. The highest BCUT2D eigenvalue weighted by Crippen LogP contribution is 2.26. The van der Waals surface area contributed by atoms with Crippen molar-refractivity contribution >= 4 is 22.7 Å². The van der Waals surface area contributed by atoms with Gasteiger partial charge in [-0.05, 0) is 42.7 Å². The van der Waals surface area contributed by atoms with Crippen molar-refractivity contribution in [3.05, 3.63) is 65.9 Å². The first-order valence-corrected chi connectivity index (χ1v) is 11.3. The van der Waals surface area contributed by atoms with Crippen LogP contribution in [0.3, 0.4) is 0 Å². The molecule has 0 bridgehead atoms. The van der Waals surface area contributed by atoms with Gasteiger partial charge in [-0.2, -0.15) is 5.26 Å². The molecule has 3 unspecified atom stereocenters. The molecule has 2 amide bonds. The molecule has 33 heavy (non-hydrogen) atoms. The smallest absolute Gasteiger partial charge is 0.268 e. The van der Waals surface area contributed by atoms with Crippen molar-refractivity contribution in [3.8, 4) is 11.8 Å². The molecule has 1 fully saturated rings. The molecule has 1 aliphatic carbocycles. The first kappa shape index (κ1) is 22.4. The number of fused-ring (bicyclic) bond motifs is 1. The quantitative estimate of drug-likeness (QED) is 0.541. The van der Waals surface area contributed by atoms with Crippen molar-refractivity contribution in [3.63, 3.8) is 0 Å². The summed E-state index contributed by atoms with van der Waals surface area (Å²) < 4.78 is 1.87. The summed E-state index contributed by atoms with van der Waals surface area (Å²) in [6.07, 6.45) is 3.60. The van der Waals surface area contributed by atoms with E-state index >= 15 is 0 Å². The fourth-order valence-electron chi connectivity index (χ4n) is 4.64. The summed E-state index contributed by atoms with van der Waals surface area (Å²) in [4.78, 5) is 26.2. The van der Waals surface area contributed by atoms with Crippen molar-refractivity contribution < 1.29 is 14.7 Å². The summed E-state index contributed by atoms with van der Waals surface area (Å²) in [5.41, 5.74) is 2.39. The number of nitrogens with one attached hydrogen (secondary N) is 2. The van der Waals surface area contributed by atoms with Crippen LogP contribution in [0.25, 0.3) is 10.9 Å². The van der Waals surface area contributed by atoms with Gasteiger partial charge in [0, 0.05) is 30.4 Å². The summed E-state index contributed by atoms with van der Waals surface area (Å²) >= 11 is 0. The number of benzene rings is 2. The molecule has 1 aromatic heterocycles. The van der Waals surface area contributed by atoms with Crippen LogP contribution in [0.5, 0.6) is 5.75 Å². The van der Waals surface area contributed by atoms with Crippen LogP contribution in [0, 0.1) is 17.2 Å². The van der Waals surface area contributed by atoms with Crippen LogP contribution >= 0.6 is 0 Å². The second-order valence-electron chi connectivity index (χ2n) is 8.68. The van der Waals surface area contributed by atoms with Gasteiger partial charge in [-0.25, -0.2) is 0 Å². The monoisotopic (exact) mass is 444 g/mol. The molecule has 4 rings (SSSR count). The highest BCUT2D eigenvalue weighted by Gasteiger charge is 2.33. The lowest BCUT2D eigenvalue weighted by molar-refractivity contribution is -0.127. The Balaban J connectivity index is 1.44. The summed E-state index contributed by atoms with van der Waals surface area (Å²) in [5, 5.41) is 25.9. The third-order valence-electron chi connectivity index (χ3n) is 6.45. The third kappa shape index (κ3) is 5.01. The maximum Gasteiger partial charge on any atom is 0.268 e. The van der Waals surface area contributed by atoms with E-state index < -0.39 is 6.04 Å². The summed E-state index contributed by atoms with van der Waals surface area (Å²) in [6, 6.07) is 17.5. The van der Waals surface area contributed by atoms with Gasteiger partial charge in [0.2, 0.25) is 5.91 Å². The average molecular weight is 445 g/mol. The molecule has 0 spiro atoms. The second-order valence-corrected chi connectivity index (χ2v) is 8.68. The first-order chi connectivity index (χ1) is 16.0. The lowest BCUT2D eigenvalue weighted by Gasteiger charge is -2.31. The van der Waals surface area contributed by atoms with E-state index in [0.29, 0.717) is 18.5 Å². The molecule has 0 aliphatic heterocycles. The number of nitriles is 1. The predicted octanol–water partition coefficient (Wildman–Crippen LogP) is 3.42. The molecule has 3 N–H and O–H groups in total. The average Bonchev–Trinajstić information content (AvgIpc) is 3.17. The standard InChI is InChI=1S/C26H28N4O3/c1-30-23-9-5-2-6-18(23)15-24(30)26(33)29-22-8-4-3-7-21(22)25(32)28-19(16-27)14-17-10-12-20(31)13-11-17/h2,5-6,9-13,15,19,21-22,31H,3-4,7-8,14H2,1H3,(H,28,32)(H,29,33). The number of para-hydroxylation sites is 1. The van der Waals surface area contributed by atoms with E-state index in [4.69, 9.17) is 0 Å². The minimum absolute atomic E-state index is 0.156. The Bertz CT molecular complexity index is 1190. The van der Waals surface area contributed by atoms with E-state index in [1.165, 1.54) is 0 Å². The topological polar surface area (TPSA) is 107 Å². The van der Waals surface area contributed by atoms with Gasteiger partial charge in [-0.3, -0.25) is 9.59 Å². The number of rotatable bonds is 6. The largest absolute Gasteiger partial charge is 0.508 e. The van der Waals surface area contributed by atoms with E-state index in [9.17, 15) is 20.0 Å².